The monoisotopic (exact) mass is 432 g/mol. The first-order valence-electron chi connectivity index (χ1n) is 9.18. The minimum Gasteiger partial charge on any atom is -0.469 e. The number of non-ortho nitro benzene ring substituents is 1. The summed E-state index contributed by atoms with van der Waals surface area (Å²) in [6, 6.07) is 9.27. The van der Waals surface area contributed by atoms with Crippen molar-refractivity contribution >= 4 is 23.5 Å². The fourth-order valence-electron chi connectivity index (χ4n) is 3.00. The molecule has 0 saturated carbocycles. The summed E-state index contributed by atoms with van der Waals surface area (Å²) < 4.78 is 22.6. The summed E-state index contributed by atoms with van der Waals surface area (Å²) in [6.07, 6.45) is -0.427. The Kier molecular flexibility index (Phi) is 8.18. The molecule has 1 amide bonds. The molecule has 2 aromatic carbocycles. The molecule has 0 aliphatic heterocycles. The molecule has 2 atom stereocenters. The third kappa shape index (κ3) is 6.59. The topological polar surface area (TPSA) is 125 Å². The van der Waals surface area contributed by atoms with Crippen LogP contribution in [0.1, 0.15) is 23.5 Å². The van der Waals surface area contributed by atoms with Crippen LogP contribution in [0.25, 0.3) is 0 Å². The smallest absolute Gasteiger partial charge is 0.329 e. The van der Waals surface area contributed by atoms with Crippen LogP contribution < -0.4 is 5.32 Å². The van der Waals surface area contributed by atoms with Crippen LogP contribution in [0, 0.1) is 15.9 Å². The molecule has 0 spiro atoms. The Morgan fingerprint density at radius 3 is 2.16 bits per heavy atom. The number of nitro groups is 1. The van der Waals surface area contributed by atoms with Gasteiger partial charge in [-0.15, -0.1) is 0 Å². The number of nitrogens with zero attached hydrogens (tertiary/aromatic N) is 1. The maximum atomic E-state index is 13.1. The number of ether oxygens (including phenoxy) is 2. The van der Waals surface area contributed by atoms with Crippen LogP contribution in [-0.4, -0.2) is 43.0 Å². The minimum absolute atomic E-state index is 0.140. The number of carbonyl (C=O) groups is 3. The van der Waals surface area contributed by atoms with E-state index >= 15 is 0 Å². The molecule has 0 radical (unpaired) electrons. The maximum Gasteiger partial charge on any atom is 0.329 e. The van der Waals surface area contributed by atoms with Gasteiger partial charge in [-0.05, 0) is 23.3 Å². The van der Waals surface area contributed by atoms with Crippen molar-refractivity contribution in [1.29, 1.82) is 0 Å². The van der Waals surface area contributed by atoms with E-state index in [2.05, 4.69) is 5.32 Å². The number of rotatable bonds is 9. The molecule has 0 aromatic heterocycles. The minimum atomic E-state index is -1.27. The highest BCUT2D eigenvalue weighted by Gasteiger charge is 2.34. The van der Waals surface area contributed by atoms with Gasteiger partial charge in [0.25, 0.3) is 5.69 Å². The predicted molar refractivity (Wildman–Crippen MR) is 107 cm³/mol. The zero-order valence-electron chi connectivity index (χ0n) is 16.9. The van der Waals surface area contributed by atoms with Crippen molar-refractivity contribution in [3.8, 4) is 0 Å². The Morgan fingerprint density at radius 1 is 1.03 bits per heavy atom. The maximum absolute atomic E-state index is 13.1. The number of halogens is 1. The molecular weight excluding hydrogens is 411 g/mol. The Bertz CT molecular complexity index is 945. The van der Waals surface area contributed by atoms with E-state index in [-0.39, 0.29) is 18.5 Å². The molecule has 2 rings (SSSR count). The van der Waals surface area contributed by atoms with Crippen LogP contribution in [0.15, 0.2) is 48.5 Å². The molecule has 0 heterocycles. The van der Waals surface area contributed by atoms with Crippen molar-refractivity contribution in [3.63, 3.8) is 0 Å². The van der Waals surface area contributed by atoms with Crippen LogP contribution in [0.5, 0.6) is 0 Å². The highest BCUT2D eigenvalue weighted by atomic mass is 19.1. The van der Waals surface area contributed by atoms with Crippen molar-refractivity contribution in [2.75, 3.05) is 14.2 Å². The van der Waals surface area contributed by atoms with Crippen LogP contribution in [0.4, 0.5) is 10.1 Å². The molecule has 0 unspecified atom stereocenters. The second kappa shape index (κ2) is 10.8. The van der Waals surface area contributed by atoms with E-state index in [0.717, 1.165) is 7.11 Å². The molecule has 1 N–H and O–H groups in total. The predicted octanol–water partition coefficient (Wildman–Crippen LogP) is 2.28. The van der Waals surface area contributed by atoms with Gasteiger partial charge < -0.3 is 14.8 Å². The van der Waals surface area contributed by atoms with Crippen molar-refractivity contribution < 1.29 is 33.2 Å². The molecule has 0 aliphatic carbocycles. The van der Waals surface area contributed by atoms with E-state index in [1.165, 1.54) is 55.6 Å². The van der Waals surface area contributed by atoms with Gasteiger partial charge in [0, 0.05) is 18.1 Å². The van der Waals surface area contributed by atoms with Crippen molar-refractivity contribution in [3.05, 3.63) is 75.6 Å². The van der Waals surface area contributed by atoms with Gasteiger partial charge in [0.15, 0.2) is 0 Å². The summed E-state index contributed by atoms with van der Waals surface area (Å²) >= 11 is 0. The molecule has 0 aliphatic rings. The molecule has 0 bridgehead atoms. The Balaban J connectivity index is 2.32. The highest BCUT2D eigenvalue weighted by molar-refractivity contribution is 5.87. The number of hydrogen-bond donors (Lipinski definition) is 1. The van der Waals surface area contributed by atoms with Gasteiger partial charge in [-0.1, -0.05) is 24.3 Å². The number of nitro benzene ring substituents is 1. The van der Waals surface area contributed by atoms with Crippen LogP contribution in [-0.2, 0) is 30.3 Å². The average Bonchev–Trinajstić information content (AvgIpc) is 2.77. The third-order valence-corrected chi connectivity index (χ3v) is 4.60. The first kappa shape index (κ1) is 23.5. The van der Waals surface area contributed by atoms with E-state index in [4.69, 9.17) is 9.47 Å². The lowest BCUT2D eigenvalue weighted by Gasteiger charge is -2.26. The number of amides is 1. The second-order valence-corrected chi connectivity index (χ2v) is 6.61. The van der Waals surface area contributed by atoms with Crippen LogP contribution in [0.2, 0.25) is 0 Å². The van der Waals surface area contributed by atoms with Crippen molar-refractivity contribution in [2.24, 2.45) is 0 Å². The van der Waals surface area contributed by atoms with E-state index in [9.17, 15) is 28.9 Å². The van der Waals surface area contributed by atoms with E-state index in [1.54, 1.807) is 0 Å². The van der Waals surface area contributed by atoms with Crippen LogP contribution >= 0.6 is 0 Å². The second-order valence-electron chi connectivity index (χ2n) is 6.61. The average molecular weight is 432 g/mol. The number of carbonyl (C=O) groups excluding carboxylic acids is 3. The summed E-state index contributed by atoms with van der Waals surface area (Å²) in [7, 11) is 2.31. The lowest BCUT2D eigenvalue weighted by molar-refractivity contribution is -0.384. The largest absolute Gasteiger partial charge is 0.469 e. The Hall–Kier alpha value is -3.82. The molecule has 2 aromatic rings. The normalized spacial score (nSPS) is 12.4. The number of benzene rings is 2. The van der Waals surface area contributed by atoms with Gasteiger partial charge in [-0.25, -0.2) is 9.18 Å². The molecule has 0 saturated heterocycles. The van der Waals surface area contributed by atoms with Gasteiger partial charge in [0.1, 0.15) is 11.9 Å². The molecule has 0 fully saturated rings. The summed E-state index contributed by atoms with van der Waals surface area (Å²) in [4.78, 5) is 47.3. The van der Waals surface area contributed by atoms with E-state index < -0.39 is 40.5 Å². The summed E-state index contributed by atoms with van der Waals surface area (Å²) in [5.41, 5.74) is 0.742. The Morgan fingerprint density at radius 2 is 1.65 bits per heavy atom. The molecular formula is C21H21FN2O7. The van der Waals surface area contributed by atoms with Gasteiger partial charge >= 0.3 is 11.9 Å². The van der Waals surface area contributed by atoms with E-state index in [1.807, 2.05) is 0 Å². The SMILES string of the molecule is COC(=O)C[C@H](c1ccc([N+](=O)[O-])cc1)[C@@H](NC(=O)Cc1ccc(F)cc1)C(=O)OC. The zero-order chi connectivity index (χ0) is 23.0. The molecule has 10 heteroatoms. The number of methoxy groups -OCH3 is 2. The standard InChI is InChI=1S/C21H21FN2O7/c1-30-19(26)12-17(14-5-9-16(10-6-14)24(28)29)20(21(27)31-2)23-18(25)11-13-3-7-15(22)8-4-13/h3-10,17,20H,11-12H2,1-2H3,(H,23,25)/t17-,20-/m1/s1. The zero-order valence-corrected chi connectivity index (χ0v) is 16.9. The lowest BCUT2D eigenvalue weighted by atomic mass is 9.88. The quantitative estimate of drug-likeness (QED) is 0.366. The highest BCUT2D eigenvalue weighted by Crippen LogP contribution is 2.27. The van der Waals surface area contributed by atoms with Gasteiger partial charge in [-0.2, -0.15) is 0 Å². The summed E-state index contributed by atoms with van der Waals surface area (Å²) in [5.74, 6) is -3.37. The van der Waals surface area contributed by atoms with Crippen molar-refractivity contribution in [1.82, 2.24) is 5.32 Å². The van der Waals surface area contributed by atoms with Gasteiger partial charge in [0.2, 0.25) is 5.91 Å². The fourth-order valence-corrected chi connectivity index (χ4v) is 3.00. The molecule has 9 nitrogen and oxygen atoms in total. The molecule has 164 valence electrons. The lowest BCUT2D eigenvalue weighted by Crippen LogP contribution is -2.46. The van der Waals surface area contributed by atoms with Crippen molar-refractivity contribution in [2.45, 2.75) is 24.8 Å². The number of nitrogens with one attached hydrogen (secondary N) is 1. The summed E-state index contributed by atoms with van der Waals surface area (Å²) in [6.45, 7) is 0. The first-order chi connectivity index (χ1) is 14.7. The van der Waals surface area contributed by atoms with Crippen LogP contribution in [0.3, 0.4) is 0 Å². The van der Waals surface area contributed by atoms with Gasteiger partial charge in [-0.3, -0.25) is 19.7 Å². The summed E-state index contributed by atoms with van der Waals surface area (Å²) in [5, 5.41) is 13.5. The van der Waals surface area contributed by atoms with E-state index in [0.29, 0.717) is 11.1 Å². The van der Waals surface area contributed by atoms with Gasteiger partial charge in [0.05, 0.1) is 32.0 Å². The molecule has 31 heavy (non-hydrogen) atoms. The fraction of sp³-hybridized carbons (Fsp3) is 0.286. The Labute approximate surface area is 177 Å². The number of esters is 2. The third-order valence-electron chi connectivity index (χ3n) is 4.60. The first-order valence-corrected chi connectivity index (χ1v) is 9.18. The number of hydrogen-bond acceptors (Lipinski definition) is 7.